The summed E-state index contributed by atoms with van der Waals surface area (Å²) in [4.78, 5) is 3.63. The van der Waals surface area contributed by atoms with Gasteiger partial charge in [0.25, 0.3) is 0 Å². The van der Waals surface area contributed by atoms with Crippen molar-refractivity contribution in [1.29, 1.82) is 0 Å². The van der Waals surface area contributed by atoms with Crippen molar-refractivity contribution in [2.24, 2.45) is 0 Å². The SMILES string of the molecule is c1ccc(COc2ccc(C3NCCc4c3[nH]c3ccccc43)cc2)cc1. The van der Waals surface area contributed by atoms with Gasteiger partial charge in [-0.25, -0.2) is 0 Å². The Morgan fingerprint density at radius 3 is 2.48 bits per heavy atom. The number of aromatic nitrogens is 1. The van der Waals surface area contributed by atoms with Crippen molar-refractivity contribution < 1.29 is 4.74 Å². The van der Waals surface area contributed by atoms with Gasteiger partial charge in [0.05, 0.1) is 6.04 Å². The number of ether oxygens (including phenoxy) is 1. The second-order valence-electron chi connectivity index (χ2n) is 7.04. The molecule has 0 aliphatic carbocycles. The zero-order valence-electron chi connectivity index (χ0n) is 15.1. The average Bonchev–Trinajstić information content (AvgIpc) is 3.12. The van der Waals surface area contributed by atoms with Gasteiger partial charge in [0.2, 0.25) is 0 Å². The van der Waals surface area contributed by atoms with Crippen LogP contribution in [0.1, 0.15) is 28.4 Å². The van der Waals surface area contributed by atoms with Gasteiger partial charge < -0.3 is 15.0 Å². The van der Waals surface area contributed by atoms with E-state index < -0.39 is 0 Å². The molecule has 3 aromatic carbocycles. The molecule has 3 nitrogen and oxygen atoms in total. The van der Waals surface area contributed by atoms with Crippen LogP contribution in [-0.2, 0) is 13.0 Å². The molecule has 0 amide bonds. The fourth-order valence-electron chi connectivity index (χ4n) is 3.96. The van der Waals surface area contributed by atoms with E-state index in [-0.39, 0.29) is 6.04 Å². The number of para-hydroxylation sites is 1. The molecule has 1 unspecified atom stereocenters. The molecule has 3 heteroatoms. The van der Waals surface area contributed by atoms with Gasteiger partial charge in [-0.3, -0.25) is 0 Å². The van der Waals surface area contributed by atoms with Crippen molar-refractivity contribution in [2.75, 3.05) is 6.54 Å². The summed E-state index contributed by atoms with van der Waals surface area (Å²) in [5.41, 5.74) is 6.39. The van der Waals surface area contributed by atoms with Gasteiger partial charge in [-0.2, -0.15) is 0 Å². The van der Waals surface area contributed by atoms with Crippen LogP contribution in [0.25, 0.3) is 10.9 Å². The minimum absolute atomic E-state index is 0.198. The molecule has 0 spiro atoms. The summed E-state index contributed by atoms with van der Waals surface area (Å²) >= 11 is 0. The first kappa shape index (κ1) is 16.2. The van der Waals surface area contributed by atoms with Gasteiger partial charge >= 0.3 is 0 Å². The first-order valence-corrected chi connectivity index (χ1v) is 9.48. The van der Waals surface area contributed by atoms with Crippen LogP contribution in [0.4, 0.5) is 0 Å². The van der Waals surface area contributed by atoms with E-state index in [1.54, 1.807) is 0 Å². The van der Waals surface area contributed by atoms with Crippen molar-refractivity contribution in [2.45, 2.75) is 19.1 Å². The Hall–Kier alpha value is -3.04. The quantitative estimate of drug-likeness (QED) is 0.542. The van der Waals surface area contributed by atoms with Crippen LogP contribution in [0, 0.1) is 0 Å². The smallest absolute Gasteiger partial charge is 0.119 e. The van der Waals surface area contributed by atoms with Gasteiger partial charge in [-0.15, -0.1) is 0 Å². The van der Waals surface area contributed by atoms with Gasteiger partial charge in [-0.1, -0.05) is 60.7 Å². The predicted octanol–water partition coefficient (Wildman–Crippen LogP) is 4.98. The summed E-state index contributed by atoms with van der Waals surface area (Å²) in [7, 11) is 0. The number of hydrogen-bond acceptors (Lipinski definition) is 2. The minimum atomic E-state index is 0.198. The molecule has 0 radical (unpaired) electrons. The molecule has 1 aromatic heterocycles. The number of fused-ring (bicyclic) bond motifs is 3. The van der Waals surface area contributed by atoms with Crippen molar-refractivity contribution in [3.8, 4) is 5.75 Å². The van der Waals surface area contributed by atoms with Crippen LogP contribution in [-0.4, -0.2) is 11.5 Å². The predicted molar refractivity (Wildman–Crippen MR) is 109 cm³/mol. The van der Waals surface area contributed by atoms with E-state index >= 15 is 0 Å². The Morgan fingerprint density at radius 1 is 0.852 bits per heavy atom. The summed E-state index contributed by atoms with van der Waals surface area (Å²) in [6, 6.07) is 27.5. The molecule has 0 fully saturated rings. The van der Waals surface area contributed by atoms with Crippen molar-refractivity contribution in [3.63, 3.8) is 0 Å². The standard InChI is InChI=1S/C24H22N2O/c1-2-6-17(7-3-1)16-27-19-12-10-18(11-13-19)23-24-21(14-15-25-23)20-8-4-5-9-22(20)26-24/h1-13,23,25-26H,14-16H2. The summed E-state index contributed by atoms with van der Waals surface area (Å²) < 4.78 is 5.92. The Balaban J connectivity index is 1.38. The molecule has 0 bridgehead atoms. The molecule has 5 rings (SSSR count). The maximum absolute atomic E-state index is 5.92. The van der Waals surface area contributed by atoms with E-state index in [1.807, 2.05) is 18.2 Å². The monoisotopic (exact) mass is 354 g/mol. The minimum Gasteiger partial charge on any atom is -0.489 e. The lowest BCUT2D eigenvalue weighted by molar-refractivity contribution is 0.306. The number of H-pyrrole nitrogens is 1. The molecule has 1 aliphatic heterocycles. The number of benzene rings is 3. The zero-order chi connectivity index (χ0) is 18.1. The van der Waals surface area contributed by atoms with Crippen LogP contribution in [0.2, 0.25) is 0 Å². The Labute approximate surface area is 159 Å². The summed E-state index contributed by atoms with van der Waals surface area (Å²) in [6.45, 7) is 1.58. The summed E-state index contributed by atoms with van der Waals surface area (Å²) in [6.07, 6.45) is 1.06. The van der Waals surface area contributed by atoms with Crippen LogP contribution in [0.15, 0.2) is 78.9 Å². The molecule has 2 N–H and O–H groups in total. The van der Waals surface area contributed by atoms with Crippen LogP contribution >= 0.6 is 0 Å². The van der Waals surface area contributed by atoms with Crippen molar-refractivity contribution >= 4 is 10.9 Å². The van der Waals surface area contributed by atoms with E-state index in [2.05, 4.69) is 71.0 Å². The van der Waals surface area contributed by atoms with E-state index in [0.717, 1.165) is 18.7 Å². The molecule has 27 heavy (non-hydrogen) atoms. The van der Waals surface area contributed by atoms with Gasteiger partial charge in [-0.05, 0) is 41.3 Å². The number of aromatic amines is 1. The number of hydrogen-bond donors (Lipinski definition) is 2. The summed E-state index contributed by atoms with van der Waals surface area (Å²) in [5, 5.41) is 5.01. The molecule has 0 saturated carbocycles. The van der Waals surface area contributed by atoms with Crippen LogP contribution in [0.3, 0.4) is 0 Å². The highest BCUT2D eigenvalue weighted by molar-refractivity contribution is 5.85. The second-order valence-corrected chi connectivity index (χ2v) is 7.04. The molecule has 1 aliphatic rings. The Kier molecular flexibility index (Phi) is 4.15. The van der Waals surface area contributed by atoms with Crippen molar-refractivity contribution in [3.05, 3.63) is 101 Å². The molecule has 0 saturated heterocycles. The maximum atomic E-state index is 5.92. The highest BCUT2D eigenvalue weighted by Crippen LogP contribution is 2.33. The zero-order valence-corrected chi connectivity index (χ0v) is 15.1. The molecule has 1 atom stereocenters. The van der Waals surface area contributed by atoms with Crippen LogP contribution in [0.5, 0.6) is 5.75 Å². The van der Waals surface area contributed by atoms with Crippen LogP contribution < -0.4 is 10.1 Å². The highest BCUT2D eigenvalue weighted by Gasteiger charge is 2.24. The van der Waals surface area contributed by atoms with E-state index in [4.69, 9.17) is 4.74 Å². The first-order chi connectivity index (χ1) is 13.4. The van der Waals surface area contributed by atoms with Crippen molar-refractivity contribution in [1.82, 2.24) is 10.3 Å². The van der Waals surface area contributed by atoms with E-state index in [0.29, 0.717) is 6.61 Å². The van der Waals surface area contributed by atoms with Gasteiger partial charge in [0, 0.05) is 23.1 Å². The Morgan fingerprint density at radius 2 is 1.63 bits per heavy atom. The third-order valence-corrected chi connectivity index (χ3v) is 5.32. The lowest BCUT2D eigenvalue weighted by atomic mass is 9.94. The average molecular weight is 354 g/mol. The lowest BCUT2D eigenvalue weighted by Crippen LogP contribution is -2.30. The molecule has 2 heterocycles. The fourth-order valence-corrected chi connectivity index (χ4v) is 3.96. The fraction of sp³-hybridized carbons (Fsp3) is 0.167. The summed E-state index contributed by atoms with van der Waals surface area (Å²) in [5.74, 6) is 0.898. The Bertz CT molecular complexity index is 1050. The first-order valence-electron chi connectivity index (χ1n) is 9.48. The van der Waals surface area contributed by atoms with E-state index in [9.17, 15) is 0 Å². The molecule has 134 valence electrons. The van der Waals surface area contributed by atoms with E-state index in [1.165, 1.54) is 33.3 Å². The highest BCUT2D eigenvalue weighted by atomic mass is 16.5. The lowest BCUT2D eigenvalue weighted by Gasteiger charge is -2.25. The topological polar surface area (TPSA) is 37.0 Å². The molecular formula is C24H22N2O. The largest absolute Gasteiger partial charge is 0.489 e. The second kappa shape index (κ2) is 6.93. The third-order valence-electron chi connectivity index (χ3n) is 5.32. The number of rotatable bonds is 4. The van der Waals surface area contributed by atoms with Gasteiger partial charge in [0.1, 0.15) is 12.4 Å². The maximum Gasteiger partial charge on any atom is 0.119 e. The normalized spacial score (nSPS) is 16.2. The molecular weight excluding hydrogens is 332 g/mol. The number of nitrogens with one attached hydrogen (secondary N) is 2. The molecule has 4 aromatic rings. The third kappa shape index (κ3) is 3.11. The van der Waals surface area contributed by atoms with Gasteiger partial charge in [0.15, 0.2) is 0 Å².